The molecule has 2 aliphatic rings. The Morgan fingerprint density at radius 3 is 2.47 bits per heavy atom. The molecule has 1 aliphatic carbocycles. The van der Waals surface area contributed by atoms with E-state index in [1.54, 1.807) is 0 Å². The van der Waals surface area contributed by atoms with E-state index in [4.69, 9.17) is 4.74 Å². The van der Waals surface area contributed by atoms with Gasteiger partial charge in [-0.1, -0.05) is 39.0 Å². The van der Waals surface area contributed by atoms with Crippen LogP contribution in [-0.4, -0.2) is 24.8 Å². The number of ether oxygens (including phenoxy) is 1. The van der Waals surface area contributed by atoms with Crippen LogP contribution in [0.2, 0.25) is 0 Å². The quantitative estimate of drug-likeness (QED) is 0.756. The van der Waals surface area contributed by atoms with Crippen LogP contribution in [0.4, 0.5) is 0 Å². The monoisotopic (exact) mass is 239 g/mol. The summed E-state index contributed by atoms with van der Waals surface area (Å²) in [6.07, 6.45) is 14.0. The Kier molecular flexibility index (Phi) is 5.79. The number of hydrogen-bond acceptors (Lipinski definition) is 2. The molecular formula is C15H29NO. The van der Waals surface area contributed by atoms with Gasteiger partial charge in [-0.05, 0) is 32.1 Å². The molecule has 0 bridgehead atoms. The molecule has 100 valence electrons. The van der Waals surface area contributed by atoms with Gasteiger partial charge in [0.2, 0.25) is 0 Å². The van der Waals surface area contributed by atoms with Gasteiger partial charge in [-0.25, -0.2) is 0 Å². The minimum atomic E-state index is 0.525. The zero-order valence-corrected chi connectivity index (χ0v) is 11.4. The third-order valence-electron chi connectivity index (χ3n) is 4.30. The van der Waals surface area contributed by atoms with Gasteiger partial charge in [0.1, 0.15) is 0 Å². The van der Waals surface area contributed by atoms with Crippen molar-refractivity contribution >= 4 is 0 Å². The Morgan fingerprint density at radius 2 is 1.76 bits per heavy atom. The van der Waals surface area contributed by atoms with Crippen LogP contribution in [0, 0.1) is 0 Å². The highest BCUT2D eigenvalue weighted by Gasteiger charge is 2.24. The Morgan fingerprint density at radius 1 is 1.00 bits per heavy atom. The SMILES string of the molecule is CCCC1CC(NC2CCCCCC2)CCO1. The van der Waals surface area contributed by atoms with Crippen molar-refractivity contribution in [2.24, 2.45) is 0 Å². The van der Waals surface area contributed by atoms with Crippen molar-refractivity contribution in [1.29, 1.82) is 0 Å². The van der Waals surface area contributed by atoms with E-state index in [1.807, 2.05) is 0 Å². The first kappa shape index (κ1) is 13.4. The summed E-state index contributed by atoms with van der Waals surface area (Å²) in [4.78, 5) is 0. The maximum atomic E-state index is 5.82. The van der Waals surface area contributed by atoms with Crippen molar-refractivity contribution in [2.75, 3.05) is 6.61 Å². The predicted molar refractivity (Wildman–Crippen MR) is 72.3 cm³/mol. The van der Waals surface area contributed by atoms with E-state index in [9.17, 15) is 0 Å². The molecule has 0 spiro atoms. The molecule has 2 rings (SSSR count). The average molecular weight is 239 g/mol. The fraction of sp³-hybridized carbons (Fsp3) is 1.00. The Balaban J connectivity index is 1.73. The van der Waals surface area contributed by atoms with Crippen molar-refractivity contribution in [3.8, 4) is 0 Å². The smallest absolute Gasteiger partial charge is 0.0589 e. The molecule has 1 saturated carbocycles. The first-order chi connectivity index (χ1) is 8.38. The van der Waals surface area contributed by atoms with Crippen molar-refractivity contribution in [3.63, 3.8) is 0 Å². The molecule has 2 fully saturated rings. The maximum Gasteiger partial charge on any atom is 0.0589 e. The fourth-order valence-electron chi connectivity index (χ4n) is 3.33. The first-order valence-electron chi connectivity index (χ1n) is 7.76. The second kappa shape index (κ2) is 7.38. The van der Waals surface area contributed by atoms with Crippen LogP contribution < -0.4 is 5.32 Å². The predicted octanol–water partition coefficient (Wildman–Crippen LogP) is 3.65. The number of hydrogen-bond donors (Lipinski definition) is 1. The van der Waals surface area contributed by atoms with Crippen molar-refractivity contribution < 1.29 is 4.74 Å². The average Bonchev–Trinajstić information content (AvgIpc) is 2.59. The highest BCUT2D eigenvalue weighted by molar-refractivity contribution is 4.81. The summed E-state index contributed by atoms with van der Waals surface area (Å²) in [5.41, 5.74) is 0. The second-order valence-corrected chi connectivity index (χ2v) is 5.86. The van der Waals surface area contributed by atoms with E-state index in [0.29, 0.717) is 6.10 Å². The van der Waals surface area contributed by atoms with E-state index in [0.717, 1.165) is 18.7 Å². The van der Waals surface area contributed by atoms with Gasteiger partial charge in [0.25, 0.3) is 0 Å². The molecule has 0 aromatic rings. The zero-order valence-electron chi connectivity index (χ0n) is 11.4. The summed E-state index contributed by atoms with van der Waals surface area (Å²) in [5.74, 6) is 0. The molecule has 0 amide bonds. The standard InChI is InChI=1S/C15H29NO/c1-2-7-15-12-14(10-11-17-15)16-13-8-5-3-4-6-9-13/h13-16H,2-12H2,1H3. The van der Waals surface area contributed by atoms with Gasteiger partial charge in [-0.3, -0.25) is 0 Å². The lowest BCUT2D eigenvalue weighted by Crippen LogP contribution is -2.44. The van der Waals surface area contributed by atoms with Gasteiger partial charge in [0.15, 0.2) is 0 Å². The lowest BCUT2D eigenvalue weighted by molar-refractivity contribution is -0.00529. The first-order valence-corrected chi connectivity index (χ1v) is 7.76. The molecule has 1 heterocycles. The molecule has 1 N–H and O–H groups in total. The molecule has 0 aromatic carbocycles. The van der Waals surface area contributed by atoms with Crippen molar-refractivity contribution in [3.05, 3.63) is 0 Å². The van der Waals surface area contributed by atoms with Crippen LogP contribution in [-0.2, 0) is 4.74 Å². The molecule has 17 heavy (non-hydrogen) atoms. The summed E-state index contributed by atoms with van der Waals surface area (Å²) in [7, 11) is 0. The van der Waals surface area contributed by atoms with Gasteiger partial charge in [-0.2, -0.15) is 0 Å². The molecule has 2 atom stereocenters. The van der Waals surface area contributed by atoms with E-state index in [1.165, 1.54) is 64.2 Å². The molecule has 2 unspecified atom stereocenters. The summed E-state index contributed by atoms with van der Waals surface area (Å²) in [6.45, 7) is 3.22. The molecular weight excluding hydrogens is 210 g/mol. The zero-order chi connectivity index (χ0) is 11.9. The van der Waals surface area contributed by atoms with E-state index >= 15 is 0 Å². The summed E-state index contributed by atoms with van der Waals surface area (Å²) in [6, 6.07) is 1.52. The summed E-state index contributed by atoms with van der Waals surface area (Å²) in [5, 5.41) is 3.91. The minimum Gasteiger partial charge on any atom is -0.378 e. The third-order valence-corrected chi connectivity index (χ3v) is 4.30. The van der Waals surface area contributed by atoms with Gasteiger partial charge >= 0.3 is 0 Å². The van der Waals surface area contributed by atoms with Gasteiger partial charge < -0.3 is 10.1 Å². The lowest BCUT2D eigenvalue weighted by Gasteiger charge is -2.33. The van der Waals surface area contributed by atoms with Crippen molar-refractivity contribution in [1.82, 2.24) is 5.32 Å². The lowest BCUT2D eigenvalue weighted by atomic mass is 9.98. The van der Waals surface area contributed by atoms with Crippen LogP contribution in [0.5, 0.6) is 0 Å². The topological polar surface area (TPSA) is 21.3 Å². The minimum absolute atomic E-state index is 0.525. The van der Waals surface area contributed by atoms with Gasteiger partial charge in [0, 0.05) is 18.7 Å². The normalized spacial score (nSPS) is 32.3. The van der Waals surface area contributed by atoms with Gasteiger partial charge in [-0.15, -0.1) is 0 Å². The van der Waals surface area contributed by atoms with Crippen LogP contribution in [0.25, 0.3) is 0 Å². The van der Waals surface area contributed by atoms with Gasteiger partial charge in [0.05, 0.1) is 6.10 Å². The molecule has 1 aliphatic heterocycles. The number of nitrogens with one attached hydrogen (secondary N) is 1. The Bertz CT molecular complexity index is 197. The third kappa shape index (κ3) is 4.59. The molecule has 2 heteroatoms. The Labute approximate surface area is 107 Å². The Hall–Kier alpha value is -0.0800. The highest BCUT2D eigenvalue weighted by atomic mass is 16.5. The fourth-order valence-corrected chi connectivity index (χ4v) is 3.33. The summed E-state index contributed by atoms with van der Waals surface area (Å²) >= 11 is 0. The highest BCUT2D eigenvalue weighted by Crippen LogP contribution is 2.22. The van der Waals surface area contributed by atoms with E-state index < -0.39 is 0 Å². The van der Waals surface area contributed by atoms with Crippen LogP contribution >= 0.6 is 0 Å². The second-order valence-electron chi connectivity index (χ2n) is 5.86. The molecule has 0 aromatic heterocycles. The molecule has 2 nitrogen and oxygen atoms in total. The molecule has 1 saturated heterocycles. The van der Waals surface area contributed by atoms with E-state index in [2.05, 4.69) is 12.2 Å². The maximum absolute atomic E-state index is 5.82. The summed E-state index contributed by atoms with van der Waals surface area (Å²) < 4.78 is 5.82. The van der Waals surface area contributed by atoms with Crippen LogP contribution in [0.3, 0.4) is 0 Å². The largest absolute Gasteiger partial charge is 0.378 e. The van der Waals surface area contributed by atoms with Crippen LogP contribution in [0.1, 0.15) is 71.1 Å². The number of rotatable bonds is 4. The van der Waals surface area contributed by atoms with Crippen molar-refractivity contribution in [2.45, 2.75) is 89.3 Å². The van der Waals surface area contributed by atoms with Crippen LogP contribution in [0.15, 0.2) is 0 Å². The molecule has 0 radical (unpaired) electrons. The van der Waals surface area contributed by atoms with E-state index in [-0.39, 0.29) is 0 Å².